The first-order chi connectivity index (χ1) is 6.61. The van der Waals surface area contributed by atoms with Crippen LogP contribution in [0, 0.1) is 20.8 Å². The van der Waals surface area contributed by atoms with Gasteiger partial charge in [-0.25, -0.2) is 0 Å². The van der Waals surface area contributed by atoms with E-state index in [9.17, 15) is 0 Å². The Balaban J connectivity index is 3.43. The van der Waals surface area contributed by atoms with Crippen molar-refractivity contribution in [3.63, 3.8) is 0 Å². The largest absolute Gasteiger partial charge is 0.411 e. The van der Waals surface area contributed by atoms with Gasteiger partial charge in [0.2, 0.25) is 0 Å². The molecule has 0 unspecified atom stereocenters. The molecule has 1 aromatic carbocycles. The second kappa shape index (κ2) is 4.47. The van der Waals surface area contributed by atoms with E-state index in [0.717, 1.165) is 22.3 Å². The summed E-state index contributed by atoms with van der Waals surface area (Å²) < 4.78 is 0. The van der Waals surface area contributed by atoms with Crippen LogP contribution in [0.3, 0.4) is 0 Å². The second-order valence-corrected chi connectivity index (χ2v) is 3.67. The summed E-state index contributed by atoms with van der Waals surface area (Å²) in [4.78, 5) is 0. The van der Waals surface area contributed by atoms with E-state index in [2.05, 4.69) is 11.2 Å². The van der Waals surface area contributed by atoms with Crippen LogP contribution in [0.4, 0.5) is 0 Å². The minimum Gasteiger partial charge on any atom is -0.411 e. The van der Waals surface area contributed by atoms with Gasteiger partial charge in [0, 0.05) is 11.4 Å². The zero-order valence-corrected chi connectivity index (χ0v) is 9.39. The van der Waals surface area contributed by atoms with E-state index in [1.54, 1.807) is 0 Å². The molecule has 0 bridgehead atoms. The first kappa shape index (κ1) is 11.1. The third kappa shape index (κ3) is 1.90. The predicted molar refractivity (Wildman–Crippen MR) is 59.6 cm³/mol. The highest BCUT2D eigenvalue weighted by Gasteiger charge is 2.08. The lowest BCUT2D eigenvalue weighted by Crippen LogP contribution is -1.99. The first-order valence-electron chi connectivity index (χ1n) is 4.45. The van der Waals surface area contributed by atoms with Crippen LogP contribution in [-0.2, 0) is 5.88 Å². The maximum absolute atomic E-state index is 8.54. The van der Waals surface area contributed by atoms with Gasteiger partial charge in [0.25, 0.3) is 0 Å². The number of hydrogen-bond acceptors (Lipinski definition) is 2. The molecule has 2 nitrogen and oxygen atoms in total. The maximum Gasteiger partial charge on any atom is 0.0739 e. The third-order valence-corrected chi connectivity index (χ3v) is 2.78. The molecule has 0 aliphatic carbocycles. The number of hydrogen-bond donors (Lipinski definition) is 1. The van der Waals surface area contributed by atoms with Gasteiger partial charge in [-0.3, -0.25) is 0 Å². The molecule has 0 heterocycles. The van der Waals surface area contributed by atoms with E-state index in [-0.39, 0.29) is 0 Å². The monoisotopic (exact) mass is 211 g/mol. The van der Waals surface area contributed by atoms with Crippen molar-refractivity contribution in [1.82, 2.24) is 0 Å². The Labute approximate surface area is 89.2 Å². The van der Waals surface area contributed by atoms with Crippen molar-refractivity contribution < 1.29 is 5.21 Å². The standard InChI is InChI=1S/C11H14ClNO/c1-7-4-8(2)11(6-13-14)9(3)10(7)5-12/h4,6,14H,5H2,1-3H3. The fourth-order valence-corrected chi connectivity index (χ4v) is 2.12. The lowest BCUT2D eigenvalue weighted by molar-refractivity contribution is 0.322. The molecule has 0 atom stereocenters. The number of benzene rings is 1. The molecule has 0 aliphatic heterocycles. The van der Waals surface area contributed by atoms with Gasteiger partial charge in [-0.2, -0.15) is 0 Å². The van der Waals surface area contributed by atoms with Gasteiger partial charge in [0.05, 0.1) is 6.21 Å². The van der Waals surface area contributed by atoms with E-state index in [1.165, 1.54) is 11.8 Å². The molecule has 1 N–H and O–H groups in total. The fourth-order valence-electron chi connectivity index (χ4n) is 1.71. The molecule has 14 heavy (non-hydrogen) atoms. The predicted octanol–water partition coefficient (Wildman–Crippen LogP) is 3.16. The van der Waals surface area contributed by atoms with Crippen LogP contribution in [0.15, 0.2) is 11.2 Å². The molecule has 0 spiro atoms. The van der Waals surface area contributed by atoms with E-state index in [4.69, 9.17) is 16.8 Å². The van der Waals surface area contributed by atoms with E-state index in [0.29, 0.717) is 5.88 Å². The summed E-state index contributed by atoms with van der Waals surface area (Å²) in [5.74, 6) is 0.490. The van der Waals surface area contributed by atoms with Crippen LogP contribution in [0.5, 0.6) is 0 Å². The topological polar surface area (TPSA) is 32.6 Å². The SMILES string of the molecule is Cc1cc(C)c(CCl)c(C)c1C=NO. The summed E-state index contributed by atoms with van der Waals surface area (Å²) in [6.07, 6.45) is 1.46. The molecule has 3 heteroatoms. The second-order valence-electron chi connectivity index (χ2n) is 3.41. The van der Waals surface area contributed by atoms with Gasteiger partial charge >= 0.3 is 0 Å². The van der Waals surface area contributed by atoms with E-state index in [1.807, 2.05) is 20.8 Å². The summed E-state index contributed by atoms with van der Waals surface area (Å²) >= 11 is 5.85. The van der Waals surface area contributed by atoms with Gasteiger partial charge < -0.3 is 5.21 Å². The molecule has 1 rings (SSSR count). The lowest BCUT2D eigenvalue weighted by Gasteiger charge is -2.12. The van der Waals surface area contributed by atoms with Crippen molar-refractivity contribution in [2.24, 2.45) is 5.16 Å². The van der Waals surface area contributed by atoms with Gasteiger partial charge in [-0.15, -0.1) is 11.6 Å². The number of alkyl halides is 1. The molecule has 76 valence electrons. The number of oxime groups is 1. The van der Waals surface area contributed by atoms with Crippen molar-refractivity contribution in [3.8, 4) is 0 Å². The highest BCUT2D eigenvalue weighted by Crippen LogP contribution is 2.22. The summed E-state index contributed by atoms with van der Waals surface area (Å²) in [6.45, 7) is 6.03. The minimum absolute atomic E-state index is 0.490. The van der Waals surface area contributed by atoms with Gasteiger partial charge in [0.1, 0.15) is 0 Å². The molecule has 0 saturated heterocycles. The fraction of sp³-hybridized carbons (Fsp3) is 0.364. The number of nitrogens with zero attached hydrogens (tertiary/aromatic N) is 1. The van der Waals surface area contributed by atoms with E-state index >= 15 is 0 Å². The van der Waals surface area contributed by atoms with Crippen molar-refractivity contribution in [2.45, 2.75) is 26.7 Å². The summed E-state index contributed by atoms with van der Waals surface area (Å²) in [7, 11) is 0. The molecular weight excluding hydrogens is 198 g/mol. The van der Waals surface area contributed by atoms with E-state index < -0.39 is 0 Å². The molecule has 0 radical (unpaired) electrons. The molecule has 0 amide bonds. The number of aryl methyl sites for hydroxylation is 2. The molecule has 0 aromatic heterocycles. The van der Waals surface area contributed by atoms with Crippen LogP contribution in [0.25, 0.3) is 0 Å². The number of rotatable bonds is 2. The zero-order valence-electron chi connectivity index (χ0n) is 8.63. The number of halogens is 1. The minimum atomic E-state index is 0.490. The molecular formula is C11H14ClNO. The van der Waals surface area contributed by atoms with Crippen molar-refractivity contribution >= 4 is 17.8 Å². The molecule has 1 aromatic rings. The van der Waals surface area contributed by atoms with Crippen LogP contribution in [0.2, 0.25) is 0 Å². The quantitative estimate of drug-likeness (QED) is 0.347. The Morgan fingerprint density at radius 2 is 2.00 bits per heavy atom. The van der Waals surface area contributed by atoms with Gasteiger partial charge in [-0.1, -0.05) is 11.2 Å². The average Bonchev–Trinajstić information content (AvgIpc) is 2.12. The first-order valence-corrected chi connectivity index (χ1v) is 4.98. The van der Waals surface area contributed by atoms with Crippen LogP contribution in [0.1, 0.15) is 27.8 Å². The third-order valence-electron chi connectivity index (χ3n) is 2.51. The van der Waals surface area contributed by atoms with Crippen molar-refractivity contribution in [3.05, 3.63) is 33.9 Å². The lowest BCUT2D eigenvalue weighted by atomic mass is 9.95. The van der Waals surface area contributed by atoms with Crippen LogP contribution in [-0.4, -0.2) is 11.4 Å². The smallest absolute Gasteiger partial charge is 0.0739 e. The Morgan fingerprint density at radius 1 is 1.36 bits per heavy atom. The maximum atomic E-state index is 8.54. The molecule has 0 fully saturated rings. The van der Waals surface area contributed by atoms with Gasteiger partial charge in [-0.05, 0) is 43.0 Å². The molecule has 0 saturated carbocycles. The van der Waals surface area contributed by atoms with Crippen LogP contribution >= 0.6 is 11.6 Å². The van der Waals surface area contributed by atoms with Gasteiger partial charge in [0.15, 0.2) is 0 Å². The van der Waals surface area contributed by atoms with Crippen molar-refractivity contribution in [1.29, 1.82) is 0 Å². The highest BCUT2D eigenvalue weighted by atomic mass is 35.5. The summed E-state index contributed by atoms with van der Waals surface area (Å²) in [5, 5.41) is 11.6. The zero-order chi connectivity index (χ0) is 10.7. The summed E-state index contributed by atoms with van der Waals surface area (Å²) in [5.41, 5.74) is 5.45. The summed E-state index contributed by atoms with van der Waals surface area (Å²) in [6, 6.07) is 2.06. The average molecular weight is 212 g/mol. The Bertz CT molecular complexity index is 372. The normalized spacial score (nSPS) is 11.1. The Kier molecular flexibility index (Phi) is 3.53. The van der Waals surface area contributed by atoms with Crippen molar-refractivity contribution in [2.75, 3.05) is 0 Å². The highest BCUT2D eigenvalue weighted by molar-refractivity contribution is 6.17. The Morgan fingerprint density at radius 3 is 2.50 bits per heavy atom. The Hall–Kier alpha value is -1.02. The van der Waals surface area contributed by atoms with Crippen LogP contribution < -0.4 is 0 Å². The molecule has 0 aliphatic rings.